The number of nitrogens with zero attached hydrogens (tertiary/aromatic N) is 1. The van der Waals surface area contributed by atoms with Gasteiger partial charge in [-0.2, -0.15) is 0 Å². The number of anilines is 2. The fraction of sp³-hybridized carbons (Fsp3) is 0.0952. The standard InChI is InChI=1S/C21H21ClN6O4S/c1-3-33(23,32)14-8-9-15(16(22)10-14)19(29)27-12-4-6-13(7-5-12)28-21(31)18-17(20(30)24-2)25-11-26-18/h3-11H,1-2H3,(H2,23,32)(H,24,30)(H,25,26)(H,27,29)(H,28,31). The predicted octanol–water partition coefficient (Wildman–Crippen LogP) is 2.27. The summed E-state index contributed by atoms with van der Waals surface area (Å²) in [4.78, 5) is 43.6. The molecule has 3 rings (SSSR count). The van der Waals surface area contributed by atoms with Gasteiger partial charge >= 0.3 is 0 Å². The van der Waals surface area contributed by atoms with Crippen LogP contribution in [0.25, 0.3) is 0 Å². The van der Waals surface area contributed by atoms with Gasteiger partial charge in [-0.25, -0.2) is 9.19 Å². The summed E-state index contributed by atoms with van der Waals surface area (Å²) in [7, 11) is -1.37. The van der Waals surface area contributed by atoms with Crippen LogP contribution in [0.1, 0.15) is 38.3 Å². The summed E-state index contributed by atoms with van der Waals surface area (Å²) >= 11 is 6.19. The summed E-state index contributed by atoms with van der Waals surface area (Å²) in [5, 5.41) is 15.0. The average molecular weight is 489 g/mol. The lowest BCUT2D eigenvalue weighted by Gasteiger charge is -2.10. The van der Waals surface area contributed by atoms with E-state index in [0.29, 0.717) is 16.3 Å². The van der Waals surface area contributed by atoms with Gasteiger partial charge in [0.2, 0.25) is 0 Å². The minimum absolute atomic E-state index is 0.0454. The molecule has 3 aromatic rings. The molecule has 172 valence electrons. The molecular weight excluding hydrogens is 468 g/mol. The fourth-order valence-corrected chi connectivity index (χ4v) is 3.99. The second kappa shape index (κ2) is 9.86. The highest BCUT2D eigenvalue weighted by molar-refractivity contribution is 7.99. The van der Waals surface area contributed by atoms with Gasteiger partial charge in [-0.1, -0.05) is 11.6 Å². The monoisotopic (exact) mass is 488 g/mol. The van der Waals surface area contributed by atoms with E-state index >= 15 is 0 Å². The van der Waals surface area contributed by atoms with Crippen LogP contribution in [0.5, 0.6) is 0 Å². The van der Waals surface area contributed by atoms with Gasteiger partial charge in [0.05, 0.1) is 26.6 Å². The molecule has 0 spiro atoms. The number of nitrogens with one attached hydrogen (secondary N) is 4. The Bertz CT molecular complexity index is 1340. The number of aromatic nitrogens is 2. The largest absolute Gasteiger partial charge is 0.354 e. The normalized spacial score (nSPS) is 12.4. The van der Waals surface area contributed by atoms with E-state index in [1.54, 1.807) is 31.2 Å². The molecule has 0 fully saturated rings. The molecule has 1 atom stereocenters. The van der Waals surface area contributed by atoms with E-state index in [0.717, 1.165) is 0 Å². The van der Waals surface area contributed by atoms with Crippen LogP contribution >= 0.6 is 11.6 Å². The molecule has 0 radical (unpaired) electrons. The lowest BCUT2D eigenvalue weighted by molar-refractivity contribution is 0.0943. The number of aromatic amines is 1. The van der Waals surface area contributed by atoms with Gasteiger partial charge in [-0.3, -0.25) is 19.5 Å². The first-order valence-corrected chi connectivity index (χ1v) is 11.6. The highest BCUT2D eigenvalue weighted by Gasteiger charge is 2.19. The number of hydrogen-bond donors (Lipinski definition) is 5. The Kier molecular flexibility index (Phi) is 7.16. The summed E-state index contributed by atoms with van der Waals surface area (Å²) in [5.41, 5.74) is 1.06. The molecule has 1 heterocycles. The van der Waals surface area contributed by atoms with Crippen molar-refractivity contribution in [3.8, 4) is 0 Å². The number of amides is 3. The van der Waals surface area contributed by atoms with Crippen LogP contribution in [0.3, 0.4) is 0 Å². The van der Waals surface area contributed by atoms with Crippen LogP contribution in [0.4, 0.5) is 11.4 Å². The smallest absolute Gasteiger partial charge is 0.276 e. The number of nitrogens with two attached hydrogens (primary N) is 1. The van der Waals surface area contributed by atoms with Crippen molar-refractivity contribution >= 4 is 55.8 Å². The highest BCUT2D eigenvalue weighted by atomic mass is 35.5. The molecule has 0 aliphatic carbocycles. The van der Waals surface area contributed by atoms with Crippen LogP contribution in [0, 0.1) is 0 Å². The molecule has 12 heteroatoms. The molecule has 3 amide bonds. The van der Waals surface area contributed by atoms with Crippen molar-refractivity contribution in [3.63, 3.8) is 0 Å². The molecule has 1 aromatic heterocycles. The average Bonchev–Trinajstić information content (AvgIpc) is 3.30. The Balaban J connectivity index is 1.69. The van der Waals surface area contributed by atoms with Gasteiger partial charge in [-0.15, -0.1) is 0 Å². The van der Waals surface area contributed by atoms with Crippen molar-refractivity contribution in [2.75, 3.05) is 17.7 Å². The first kappa shape index (κ1) is 24.0. The van der Waals surface area contributed by atoms with E-state index in [4.69, 9.17) is 16.7 Å². The molecular formula is C21H21ClN6O4S. The van der Waals surface area contributed by atoms with Crippen molar-refractivity contribution in [2.45, 2.75) is 11.8 Å². The van der Waals surface area contributed by atoms with Crippen LogP contribution in [-0.4, -0.2) is 44.3 Å². The number of H-pyrrole nitrogens is 1. The zero-order valence-corrected chi connectivity index (χ0v) is 19.2. The molecule has 0 saturated heterocycles. The Morgan fingerprint density at radius 1 is 1.03 bits per heavy atom. The number of rotatable bonds is 6. The van der Waals surface area contributed by atoms with E-state index in [2.05, 4.69) is 25.9 Å². The minimum atomic E-state index is -2.82. The third kappa shape index (κ3) is 5.40. The summed E-state index contributed by atoms with van der Waals surface area (Å²) in [6.45, 7) is 1.58. The van der Waals surface area contributed by atoms with Gasteiger partial charge < -0.3 is 20.9 Å². The maximum absolute atomic E-state index is 12.6. The van der Waals surface area contributed by atoms with Crippen LogP contribution in [0.15, 0.2) is 53.7 Å². The first-order chi connectivity index (χ1) is 15.7. The van der Waals surface area contributed by atoms with Crippen molar-refractivity contribution in [3.05, 3.63) is 70.8 Å². The van der Waals surface area contributed by atoms with Crippen LogP contribution < -0.4 is 21.1 Å². The Labute approximate surface area is 195 Å². The predicted molar refractivity (Wildman–Crippen MR) is 128 cm³/mol. The van der Waals surface area contributed by atoms with Gasteiger partial charge in [0, 0.05) is 23.3 Å². The van der Waals surface area contributed by atoms with Gasteiger partial charge in [0.25, 0.3) is 17.7 Å². The minimum Gasteiger partial charge on any atom is -0.354 e. The van der Waals surface area contributed by atoms with Crippen LogP contribution in [-0.2, 0) is 9.71 Å². The van der Waals surface area contributed by atoms with Gasteiger partial charge in [0.15, 0.2) is 5.69 Å². The van der Waals surface area contributed by atoms with E-state index < -0.39 is 27.4 Å². The summed E-state index contributed by atoms with van der Waals surface area (Å²) in [6, 6.07) is 10.7. The Morgan fingerprint density at radius 2 is 1.64 bits per heavy atom. The van der Waals surface area contributed by atoms with Gasteiger partial charge in [-0.05, 0) is 54.8 Å². The number of imidazole rings is 1. The third-order valence-corrected chi connectivity index (χ3v) is 6.62. The zero-order valence-electron chi connectivity index (χ0n) is 17.6. The molecule has 0 saturated carbocycles. The lowest BCUT2D eigenvalue weighted by atomic mass is 10.2. The Hall–Kier alpha value is -3.67. The molecule has 2 aromatic carbocycles. The topological polar surface area (TPSA) is 159 Å². The molecule has 0 aliphatic rings. The maximum Gasteiger partial charge on any atom is 0.276 e. The molecule has 0 aliphatic heterocycles. The van der Waals surface area contributed by atoms with Crippen molar-refractivity contribution < 1.29 is 18.6 Å². The fourth-order valence-electron chi connectivity index (χ4n) is 2.80. The maximum atomic E-state index is 12.6. The molecule has 33 heavy (non-hydrogen) atoms. The first-order valence-electron chi connectivity index (χ1n) is 9.55. The van der Waals surface area contributed by atoms with Gasteiger partial charge in [0.1, 0.15) is 5.69 Å². The number of carbonyl (C=O) groups excluding carboxylic acids is 3. The second-order valence-corrected chi connectivity index (χ2v) is 9.36. The number of hydrogen-bond acceptors (Lipinski definition) is 5. The number of benzene rings is 2. The molecule has 10 nitrogen and oxygen atoms in total. The second-order valence-electron chi connectivity index (χ2n) is 6.72. The van der Waals surface area contributed by atoms with Crippen molar-refractivity contribution in [1.29, 1.82) is 0 Å². The van der Waals surface area contributed by atoms with Crippen LogP contribution in [0.2, 0.25) is 5.02 Å². The summed E-state index contributed by atoms with van der Waals surface area (Å²) in [5.74, 6) is -1.51. The van der Waals surface area contributed by atoms with E-state index in [1.807, 2.05) is 0 Å². The highest BCUT2D eigenvalue weighted by Crippen LogP contribution is 2.22. The SMILES string of the molecule is CC=S(N)(=O)c1ccc(C(=O)Nc2ccc(NC(=O)c3nc[nH]c3C(=O)NC)cc2)c(Cl)c1. The van der Waals surface area contributed by atoms with Crippen molar-refractivity contribution in [1.82, 2.24) is 15.3 Å². The van der Waals surface area contributed by atoms with Crippen molar-refractivity contribution in [2.24, 2.45) is 5.14 Å². The Morgan fingerprint density at radius 3 is 2.18 bits per heavy atom. The lowest BCUT2D eigenvalue weighted by Crippen LogP contribution is -2.23. The van der Waals surface area contributed by atoms with E-state index in [-0.39, 0.29) is 22.0 Å². The zero-order chi connectivity index (χ0) is 24.2. The third-order valence-electron chi connectivity index (χ3n) is 4.61. The number of carbonyl (C=O) groups is 3. The quantitative estimate of drug-likeness (QED) is 0.336. The number of halogens is 1. The molecule has 6 N–H and O–H groups in total. The summed E-state index contributed by atoms with van der Waals surface area (Å²) < 4.78 is 12.2. The molecule has 0 bridgehead atoms. The van der Waals surface area contributed by atoms with E-state index in [1.165, 1.54) is 36.9 Å². The summed E-state index contributed by atoms with van der Waals surface area (Å²) in [6.07, 6.45) is 1.25. The van der Waals surface area contributed by atoms with E-state index in [9.17, 15) is 18.6 Å². The molecule has 1 unspecified atom stereocenters.